The number of carbonyl (C=O) groups is 3. The number of amides is 3. The number of hydrogen-bond donors (Lipinski definition) is 3. The van der Waals surface area contributed by atoms with Gasteiger partial charge in [-0.2, -0.15) is 0 Å². The highest BCUT2D eigenvalue weighted by Crippen LogP contribution is 2.21. The summed E-state index contributed by atoms with van der Waals surface area (Å²) < 4.78 is 20.1. The number of imidazole rings is 1. The van der Waals surface area contributed by atoms with E-state index in [-0.39, 0.29) is 28.0 Å². The molecule has 2 aromatic carbocycles. The molecule has 10 nitrogen and oxygen atoms in total. The highest BCUT2D eigenvalue weighted by molar-refractivity contribution is 6.34. The number of aromatic nitrogens is 2. The third-order valence-electron chi connectivity index (χ3n) is 5.81. The SMILES string of the molecule is CC(CN1CCOCC1)NC(=O)c1c(C(N)=O)ncn1-c1ccc(NC(=O)c2ccc(F)cc2Cl)cc1. The molecule has 0 aliphatic carbocycles. The number of halogens is 2. The first-order valence-electron chi connectivity index (χ1n) is 11.6. The average Bonchev–Trinajstić information content (AvgIpc) is 3.31. The molecule has 1 unspecified atom stereocenters. The Morgan fingerprint density at radius 2 is 1.84 bits per heavy atom. The van der Waals surface area contributed by atoms with E-state index in [1.807, 2.05) is 6.92 Å². The van der Waals surface area contributed by atoms with E-state index in [0.717, 1.165) is 25.2 Å². The summed E-state index contributed by atoms with van der Waals surface area (Å²) in [5.41, 5.74) is 6.42. The third kappa shape index (κ3) is 6.31. The van der Waals surface area contributed by atoms with Crippen LogP contribution in [-0.2, 0) is 4.74 Å². The Morgan fingerprint density at radius 1 is 1.14 bits per heavy atom. The molecule has 0 radical (unpaired) electrons. The molecule has 4 rings (SSSR count). The maximum atomic E-state index is 13.3. The number of benzene rings is 2. The Morgan fingerprint density at radius 3 is 2.49 bits per heavy atom. The molecule has 3 amide bonds. The summed E-state index contributed by atoms with van der Waals surface area (Å²) in [6, 6.07) is 9.80. The lowest BCUT2D eigenvalue weighted by Gasteiger charge is -2.29. The highest BCUT2D eigenvalue weighted by atomic mass is 35.5. The summed E-state index contributed by atoms with van der Waals surface area (Å²) in [6.07, 6.45) is 1.34. The Bertz CT molecular complexity index is 1310. The normalized spacial score (nSPS) is 14.7. The van der Waals surface area contributed by atoms with Crippen molar-refractivity contribution < 1.29 is 23.5 Å². The number of carbonyl (C=O) groups excluding carboxylic acids is 3. The van der Waals surface area contributed by atoms with E-state index in [2.05, 4.69) is 20.5 Å². The zero-order valence-electron chi connectivity index (χ0n) is 20.0. The van der Waals surface area contributed by atoms with Crippen molar-refractivity contribution in [1.82, 2.24) is 19.8 Å². The molecule has 4 N–H and O–H groups in total. The number of rotatable bonds is 8. The first-order chi connectivity index (χ1) is 17.7. The standard InChI is InChI=1S/C25H26ClFN6O4/c1-15(13-32-8-10-37-11-9-32)30-25(36)22-21(23(28)34)29-14-33(22)18-5-3-17(4-6-18)31-24(35)19-7-2-16(27)12-20(19)26/h2-7,12,14-15H,8-11,13H2,1H3,(H2,28,34)(H,30,36)(H,31,35). The summed E-state index contributed by atoms with van der Waals surface area (Å²) >= 11 is 5.97. The number of nitrogens with one attached hydrogen (secondary N) is 2. The topological polar surface area (TPSA) is 132 Å². The van der Waals surface area contributed by atoms with E-state index in [0.29, 0.717) is 31.1 Å². The number of morpholine rings is 1. The Kier molecular flexibility index (Phi) is 8.17. The molecule has 1 aromatic heterocycles. The quantitative estimate of drug-likeness (QED) is 0.411. The van der Waals surface area contributed by atoms with E-state index in [4.69, 9.17) is 22.1 Å². The van der Waals surface area contributed by atoms with Gasteiger partial charge in [0.1, 0.15) is 17.8 Å². The van der Waals surface area contributed by atoms with Gasteiger partial charge >= 0.3 is 0 Å². The van der Waals surface area contributed by atoms with Crippen molar-refractivity contribution in [2.75, 3.05) is 38.2 Å². The van der Waals surface area contributed by atoms with Gasteiger partial charge in [-0.25, -0.2) is 9.37 Å². The fourth-order valence-corrected chi connectivity index (χ4v) is 4.28. The van der Waals surface area contributed by atoms with Crippen LogP contribution < -0.4 is 16.4 Å². The van der Waals surface area contributed by atoms with Crippen molar-refractivity contribution in [1.29, 1.82) is 0 Å². The van der Waals surface area contributed by atoms with Crippen LogP contribution in [-0.4, -0.2) is 71.1 Å². The number of hydrogen-bond acceptors (Lipinski definition) is 6. The van der Waals surface area contributed by atoms with Gasteiger partial charge in [-0.15, -0.1) is 0 Å². The molecule has 1 aliphatic rings. The van der Waals surface area contributed by atoms with Gasteiger partial charge in [0.15, 0.2) is 5.69 Å². The smallest absolute Gasteiger partial charge is 0.271 e. The summed E-state index contributed by atoms with van der Waals surface area (Å²) in [6.45, 7) is 5.35. The van der Waals surface area contributed by atoms with Crippen molar-refractivity contribution in [3.63, 3.8) is 0 Å². The minimum absolute atomic E-state index is 0.00924. The Labute approximate surface area is 217 Å². The van der Waals surface area contributed by atoms with Crippen LogP contribution in [0.2, 0.25) is 5.02 Å². The number of anilines is 1. The third-order valence-corrected chi connectivity index (χ3v) is 6.12. The van der Waals surface area contributed by atoms with E-state index in [9.17, 15) is 18.8 Å². The molecule has 3 aromatic rings. The molecule has 1 saturated heterocycles. The van der Waals surface area contributed by atoms with Gasteiger partial charge in [-0.05, 0) is 49.4 Å². The van der Waals surface area contributed by atoms with Crippen molar-refractivity contribution in [3.8, 4) is 5.69 Å². The van der Waals surface area contributed by atoms with Crippen LogP contribution in [0.1, 0.15) is 38.3 Å². The van der Waals surface area contributed by atoms with Crippen molar-refractivity contribution in [2.45, 2.75) is 13.0 Å². The fraction of sp³-hybridized carbons (Fsp3) is 0.280. The van der Waals surface area contributed by atoms with Gasteiger partial charge in [0.05, 0.1) is 23.8 Å². The van der Waals surface area contributed by atoms with Gasteiger partial charge in [0.25, 0.3) is 17.7 Å². The number of primary amides is 1. The van der Waals surface area contributed by atoms with Crippen LogP contribution in [0.5, 0.6) is 0 Å². The number of nitrogens with two attached hydrogens (primary N) is 1. The second kappa shape index (κ2) is 11.5. The first-order valence-corrected chi connectivity index (χ1v) is 12.0. The monoisotopic (exact) mass is 528 g/mol. The molecule has 194 valence electrons. The summed E-state index contributed by atoms with van der Waals surface area (Å²) in [5.74, 6) is -2.37. The minimum atomic E-state index is -0.829. The van der Waals surface area contributed by atoms with Gasteiger partial charge < -0.3 is 21.1 Å². The molecule has 12 heteroatoms. The molecule has 1 fully saturated rings. The minimum Gasteiger partial charge on any atom is -0.379 e. The summed E-state index contributed by atoms with van der Waals surface area (Å²) in [5, 5.41) is 5.59. The number of nitrogens with zero attached hydrogens (tertiary/aromatic N) is 3. The van der Waals surface area contributed by atoms with Crippen molar-refractivity contribution >= 4 is 35.0 Å². The highest BCUT2D eigenvalue weighted by Gasteiger charge is 2.25. The molecule has 1 atom stereocenters. The van der Waals surface area contributed by atoms with E-state index >= 15 is 0 Å². The lowest BCUT2D eigenvalue weighted by atomic mass is 10.2. The molecular formula is C25H26ClFN6O4. The fourth-order valence-electron chi connectivity index (χ4n) is 4.03. The van der Waals surface area contributed by atoms with Crippen LogP contribution >= 0.6 is 11.6 Å². The van der Waals surface area contributed by atoms with E-state index in [1.54, 1.807) is 24.3 Å². The second-order valence-electron chi connectivity index (χ2n) is 8.59. The predicted molar refractivity (Wildman–Crippen MR) is 136 cm³/mol. The molecule has 37 heavy (non-hydrogen) atoms. The number of ether oxygens (including phenoxy) is 1. The van der Waals surface area contributed by atoms with E-state index in [1.165, 1.54) is 17.0 Å². The van der Waals surface area contributed by atoms with Crippen LogP contribution in [0.4, 0.5) is 10.1 Å². The molecule has 2 heterocycles. The molecule has 1 aliphatic heterocycles. The van der Waals surface area contributed by atoms with Gasteiger partial charge in [-0.3, -0.25) is 23.9 Å². The van der Waals surface area contributed by atoms with Gasteiger partial charge in [-0.1, -0.05) is 11.6 Å². The maximum absolute atomic E-state index is 13.3. The first kappa shape index (κ1) is 26.3. The molecule has 0 spiro atoms. The summed E-state index contributed by atoms with van der Waals surface area (Å²) in [4.78, 5) is 43.9. The van der Waals surface area contributed by atoms with Crippen LogP contribution in [0.25, 0.3) is 5.69 Å². The molecule has 0 bridgehead atoms. The van der Waals surface area contributed by atoms with Crippen LogP contribution in [0, 0.1) is 5.82 Å². The van der Waals surface area contributed by atoms with Crippen molar-refractivity contribution in [3.05, 3.63) is 76.6 Å². The largest absolute Gasteiger partial charge is 0.379 e. The van der Waals surface area contributed by atoms with E-state index < -0.39 is 23.5 Å². The Balaban J connectivity index is 1.50. The van der Waals surface area contributed by atoms with Crippen LogP contribution in [0.3, 0.4) is 0 Å². The zero-order valence-corrected chi connectivity index (χ0v) is 20.8. The average molecular weight is 529 g/mol. The molecular weight excluding hydrogens is 503 g/mol. The van der Waals surface area contributed by atoms with Gasteiger partial charge in [0.2, 0.25) is 0 Å². The lowest BCUT2D eigenvalue weighted by Crippen LogP contribution is -2.46. The summed E-state index contributed by atoms with van der Waals surface area (Å²) in [7, 11) is 0. The van der Waals surface area contributed by atoms with Gasteiger partial charge in [0, 0.05) is 37.1 Å². The lowest BCUT2D eigenvalue weighted by molar-refractivity contribution is 0.0342. The zero-order chi connectivity index (χ0) is 26.5. The maximum Gasteiger partial charge on any atom is 0.271 e. The molecule has 0 saturated carbocycles. The Hall–Kier alpha value is -3.80. The van der Waals surface area contributed by atoms with Crippen LogP contribution in [0.15, 0.2) is 48.8 Å². The second-order valence-corrected chi connectivity index (χ2v) is 9.00. The predicted octanol–water partition coefficient (Wildman–Crippen LogP) is 2.47. The van der Waals surface area contributed by atoms with Crippen molar-refractivity contribution in [2.24, 2.45) is 5.73 Å².